The molecule has 0 aliphatic carbocycles. The van der Waals surface area contributed by atoms with Crippen LogP contribution in [0.5, 0.6) is 0 Å². The number of rotatable bonds is 3. The molecule has 4 nitrogen and oxygen atoms in total. The lowest BCUT2D eigenvalue weighted by atomic mass is 9.98. The van der Waals surface area contributed by atoms with Crippen LogP contribution in [0.25, 0.3) is 0 Å². The third kappa shape index (κ3) is 1.97. The Kier molecular flexibility index (Phi) is 3.65. The summed E-state index contributed by atoms with van der Waals surface area (Å²) >= 11 is 4.26. The smallest absolute Gasteiger partial charge is 0.330 e. The van der Waals surface area contributed by atoms with Gasteiger partial charge in [0.25, 0.3) is 0 Å². The van der Waals surface area contributed by atoms with Crippen molar-refractivity contribution in [1.82, 2.24) is 4.90 Å². The van der Waals surface area contributed by atoms with Gasteiger partial charge in [0.05, 0.1) is 0 Å². The molecule has 0 spiro atoms. The Morgan fingerprint density at radius 1 is 1.60 bits per heavy atom. The van der Waals surface area contributed by atoms with Gasteiger partial charge in [0.2, 0.25) is 5.91 Å². The second-order valence-electron chi connectivity index (χ2n) is 4.05. The van der Waals surface area contributed by atoms with Gasteiger partial charge in [0, 0.05) is 18.2 Å². The summed E-state index contributed by atoms with van der Waals surface area (Å²) in [4.78, 5) is 24.4. The third-order valence-electron chi connectivity index (χ3n) is 3.03. The van der Waals surface area contributed by atoms with Crippen LogP contribution in [0.4, 0.5) is 0 Å². The van der Waals surface area contributed by atoms with E-state index < -0.39 is 11.5 Å². The first kappa shape index (κ1) is 12.4. The Bertz CT molecular complexity index is 282. The van der Waals surface area contributed by atoms with Crippen molar-refractivity contribution in [2.75, 3.05) is 6.54 Å². The molecule has 0 aromatic carbocycles. The molecule has 5 heteroatoms. The number of amides is 1. The maximum absolute atomic E-state index is 11.7. The van der Waals surface area contributed by atoms with E-state index in [2.05, 4.69) is 12.6 Å². The number of carbonyl (C=O) groups is 2. The second kappa shape index (κ2) is 4.43. The zero-order chi connectivity index (χ0) is 11.6. The van der Waals surface area contributed by atoms with Crippen molar-refractivity contribution >= 4 is 24.5 Å². The molecule has 1 saturated heterocycles. The molecule has 0 bridgehead atoms. The Morgan fingerprint density at radius 3 is 2.67 bits per heavy atom. The fourth-order valence-electron chi connectivity index (χ4n) is 1.94. The van der Waals surface area contributed by atoms with Crippen molar-refractivity contribution in [2.24, 2.45) is 0 Å². The van der Waals surface area contributed by atoms with Crippen molar-refractivity contribution < 1.29 is 14.7 Å². The van der Waals surface area contributed by atoms with Crippen molar-refractivity contribution in [3.63, 3.8) is 0 Å². The van der Waals surface area contributed by atoms with Crippen molar-refractivity contribution in [3.05, 3.63) is 0 Å². The summed E-state index contributed by atoms with van der Waals surface area (Å²) in [6.45, 7) is 3.98. The summed E-state index contributed by atoms with van der Waals surface area (Å²) in [5.41, 5.74) is -1.14. The van der Waals surface area contributed by atoms with Gasteiger partial charge in [-0.2, -0.15) is 12.6 Å². The maximum Gasteiger partial charge on any atom is 0.330 e. The molecule has 0 radical (unpaired) electrons. The standard InChI is InChI=1S/C10H17NO3S/c1-3-4-8(12)11-6-5-7(15)10(11,2)9(13)14/h7,15H,3-6H2,1-2H3,(H,13,14)/t7?,10-/m0/s1. The number of likely N-dealkylation sites (tertiary alicyclic amines) is 1. The molecule has 0 aromatic heterocycles. The van der Waals surface area contributed by atoms with Crippen LogP contribution in [-0.4, -0.2) is 39.2 Å². The number of carboxylic acids is 1. The third-order valence-corrected chi connectivity index (χ3v) is 3.79. The molecule has 1 amide bonds. The van der Waals surface area contributed by atoms with Gasteiger partial charge in [-0.3, -0.25) is 4.79 Å². The van der Waals surface area contributed by atoms with Gasteiger partial charge >= 0.3 is 5.97 Å². The van der Waals surface area contributed by atoms with Crippen LogP contribution in [0.15, 0.2) is 0 Å². The summed E-state index contributed by atoms with van der Waals surface area (Å²) in [5, 5.41) is 8.91. The number of carboxylic acid groups (broad SMARTS) is 1. The van der Waals surface area contributed by atoms with Crippen molar-refractivity contribution in [1.29, 1.82) is 0 Å². The van der Waals surface area contributed by atoms with Crippen LogP contribution < -0.4 is 0 Å². The molecule has 1 unspecified atom stereocenters. The minimum Gasteiger partial charge on any atom is -0.479 e. The molecule has 1 fully saturated rings. The highest BCUT2D eigenvalue weighted by molar-refractivity contribution is 7.81. The van der Waals surface area contributed by atoms with Crippen LogP contribution >= 0.6 is 12.6 Å². The van der Waals surface area contributed by atoms with E-state index in [9.17, 15) is 14.7 Å². The predicted octanol–water partition coefficient (Wildman–Crippen LogP) is 1.16. The SMILES string of the molecule is CCCC(=O)N1CCC(S)[C@@]1(C)C(=O)O. The highest BCUT2D eigenvalue weighted by atomic mass is 32.1. The van der Waals surface area contributed by atoms with Crippen LogP contribution in [0, 0.1) is 0 Å². The Labute approximate surface area is 95.1 Å². The minimum atomic E-state index is -1.14. The highest BCUT2D eigenvalue weighted by Crippen LogP contribution is 2.34. The van der Waals surface area contributed by atoms with E-state index in [1.165, 1.54) is 4.90 Å². The topological polar surface area (TPSA) is 57.6 Å². The largest absolute Gasteiger partial charge is 0.479 e. The molecule has 1 heterocycles. The number of hydrogen-bond acceptors (Lipinski definition) is 3. The van der Waals surface area contributed by atoms with Gasteiger partial charge in [-0.15, -0.1) is 0 Å². The first-order chi connectivity index (χ1) is 6.94. The normalized spacial score (nSPS) is 30.6. The van der Waals surface area contributed by atoms with Gasteiger partial charge in [0.15, 0.2) is 0 Å². The molecule has 1 rings (SSSR count). The zero-order valence-corrected chi connectivity index (χ0v) is 9.96. The first-order valence-electron chi connectivity index (χ1n) is 5.16. The van der Waals surface area contributed by atoms with E-state index in [1.807, 2.05) is 6.92 Å². The Hall–Kier alpha value is -0.710. The van der Waals surface area contributed by atoms with Crippen molar-refractivity contribution in [2.45, 2.75) is 43.9 Å². The first-order valence-corrected chi connectivity index (χ1v) is 5.68. The number of hydrogen-bond donors (Lipinski definition) is 2. The van der Waals surface area contributed by atoms with Crippen LogP contribution in [0.2, 0.25) is 0 Å². The summed E-state index contributed by atoms with van der Waals surface area (Å²) in [6, 6.07) is 0. The van der Waals surface area contributed by atoms with Crippen LogP contribution in [0.1, 0.15) is 33.1 Å². The van der Waals surface area contributed by atoms with Gasteiger partial charge in [-0.1, -0.05) is 6.92 Å². The molecule has 1 aliphatic heterocycles. The monoisotopic (exact) mass is 231 g/mol. The Morgan fingerprint density at radius 2 is 2.20 bits per heavy atom. The number of carbonyl (C=O) groups excluding carboxylic acids is 1. The van der Waals surface area contributed by atoms with Gasteiger partial charge in [-0.05, 0) is 19.8 Å². The maximum atomic E-state index is 11.7. The lowest BCUT2D eigenvalue weighted by molar-refractivity contribution is -0.155. The average Bonchev–Trinajstić information content (AvgIpc) is 2.45. The van der Waals surface area contributed by atoms with Gasteiger partial charge < -0.3 is 10.0 Å². The Balaban J connectivity index is 2.90. The summed E-state index contributed by atoms with van der Waals surface area (Å²) in [7, 11) is 0. The fourth-order valence-corrected chi connectivity index (χ4v) is 2.30. The lowest BCUT2D eigenvalue weighted by Gasteiger charge is -2.33. The second-order valence-corrected chi connectivity index (χ2v) is 4.68. The van der Waals surface area contributed by atoms with E-state index in [1.54, 1.807) is 6.92 Å². The molecular formula is C10H17NO3S. The average molecular weight is 231 g/mol. The molecule has 1 aliphatic rings. The number of nitrogens with zero attached hydrogens (tertiary/aromatic N) is 1. The minimum absolute atomic E-state index is 0.0843. The van der Waals surface area contributed by atoms with Gasteiger partial charge in [0.1, 0.15) is 5.54 Å². The lowest BCUT2D eigenvalue weighted by Crippen LogP contribution is -2.54. The quantitative estimate of drug-likeness (QED) is 0.717. The molecule has 1 N–H and O–H groups in total. The zero-order valence-electron chi connectivity index (χ0n) is 9.06. The van der Waals surface area contributed by atoms with E-state index in [4.69, 9.17) is 0 Å². The summed E-state index contributed by atoms with van der Waals surface area (Å²) in [5.74, 6) is -1.05. The number of thiol groups is 1. The van der Waals surface area contributed by atoms with Crippen molar-refractivity contribution in [3.8, 4) is 0 Å². The van der Waals surface area contributed by atoms with Crippen LogP contribution in [0.3, 0.4) is 0 Å². The molecule has 86 valence electrons. The molecule has 0 saturated carbocycles. The summed E-state index contributed by atoms with van der Waals surface area (Å²) < 4.78 is 0. The highest BCUT2D eigenvalue weighted by Gasteiger charge is 2.51. The fraction of sp³-hybridized carbons (Fsp3) is 0.800. The molecule has 15 heavy (non-hydrogen) atoms. The molecule has 0 aromatic rings. The van der Waals surface area contributed by atoms with Crippen LogP contribution in [-0.2, 0) is 9.59 Å². The van der Waals surface area contributed by atoms with E-state index in [0.29, 0.717) is 19.4 Å². The molecular weight excluding hydrogens is 214 g/mol. The summed E-state index contributed by atoms with van der Waals surface area (Å²) in [6.07, 6.45) is 1.78. The van der Waals surface area contributed by atoms with E-state index >= 15 is 0 Å². The van der Waals surface area contributed by atoms with E-state index in [0.717, 1.165) is 6.42 Å². The van der Waals surface area contributed by atoms with Gasteiger partial charge in [-0.25, -0.2) is 4.79 Å². The van der Waals surface area contributed by atoms with E-state index in [-0.39, 0.29) is 11.2 Å². The number of aliphatic carboxylic acids is 1. The molecule has 2 atom stereocenters. The predicted molar refractivity (Wildman–Crippen MR) is 60.1 cm³/mol.